The first kappa shape index (κ1) is 19.6. The zero-order valence-corrected chi connectivity index (χ0v) is 17.5. The van der Waals surface area contributed by atoms with Gasteiger partial charge >= 0.3 is 0 Å². The molecule has 0 aliphatic rings. The normalized spacial score (nSPS) is 11.8. The summed E-state index contributed by atoms with van der Waals surface area (Å²) in [6.45, 7) is 8.16. The van der Waals surface area contributed by atoms with E-state index in [0.717, 1.165) is 5.56 Å². The number of aromatic amines is 1. The van der Waals surface area contributed by atoms with Crippen LogP contribution in [0.4, 0.5) is 5.82 Å². The van der Waals surface area contributed by atoms with Gasteiger partial charge in [-0.25, -0.2) is 0 Å². The molecule has 0 aliphatic carbocycles. The van der Waals surface area contributed by atoms with Crippen molar-refractivity contribution < 1.29 is 4.79 Å². The van der Waals surface area contributed by atoms with E-state index in [1.807, 2.05) is 12.1 Å². The van der Waals surface area contributed by atoms with Crippen LogP contribution >= 0.6 is 0 Å². The summed E-state index contributed by atoms with van der Waals surface area (Å²) >= 11 is 0. The number of anilines is 1. The van der Waals surface area contributed by atoms with Crippen LogP contribution in [0, 0.1) is 6.92 Å². The number of H-pyrrole nitrogens is 1. The Hall–Kier alpha value is -3.75. The van der Waals surface area contributed by atoms with E-state index in [1.165, 1.54) is 15.6 Å². The summed E-state index contributed by atoms with van der Waals surface area (Å²) in [5.41, 5.74) is 2.44. The van der Waals surface area contributed by atoms with E-state index >= 15 is 0 Å². The quantitative estimate of drug-likeness (QED) is 0.544. The summed E-state index contributed by atoms with van der Waals surface area (Å²) in [6.07, 6.45) is 1.46. The van der Waals surface area contributed by atoms with Gasteiger partial charge in [-0.15, -0.1) is 0 Å². The topological polar surface area (TPSA) is 110 Å². The van der Waals surface area contributed by atoms with Gasteiger partial charge in [-0.05, 0) is 30.0 Å². The number of rotatable bonds is 3. The van der Waals surface area contributed by atoms with Crippen molar-refractivity contribution in [3.05, 3.63) is 63.7 Å². The van der Waals surface area contributed by atoms with Crippen LogP contribution in [-0.2, 0) is 12.5 Å². The molecule has 1 amide bonds. The largest absolute Gasteiger partial charge is 0.306 e. The highest BCUT2D eigenvalue weighted by molar-refractivity contribution is 6.04. The lowest BCUT2D eigenvalue weighted by atomic mass is 9.87. The third kappa shape index (κ3) is 3.49. The standard InChI is InChI=1S/C21H23N7O2/c1-12-10-16(23-18(29)13-6-8-14(9-7-13)21(2,3)4)28(26-12)20-24-17-15(19(30)25-20)11-22-27(17)5/h6-11H,1-5H3,(H,23,29)(H,24,25,30). The highest BCUT2D eigenvalue weighted by Gasteiger charge is 2.18. The molecule has 0 unspecified atom stereocenters. The van der Waals surface area contributed by atoms with Gasteiger partial charge < -0.3 is 5.32 Å². The molecule has 0 radical (unpaired) electrons. The van der Waals surface area contributed by atoms with Crippen LogP contribution in [0.1, 0.15) is 42.4 Å². The minimum absolute atomic E-state index is 0.00667. The molecule has 0 saturated carbocycles. The first-order chi connectivity index (χ1) is 14.1. The molecule has 9 heteroatoms. The van der Waals surface area contributed by atoms with Gasteiger partial charge in [0.25, 0.3) is 11.5 Å². The van der Waals surface area contributed by atoms with Crippen LogP contribution in [0.5, 0.6) is 0 Å². The van der Waals surface area contributed by atoms with Crippen molar-refractivity contribution in [2.24, 2.45) is 7.05 Å². The van der Waals surface area contributed by atoms with Gasteiger partial charge in [0.2, 0.25) is 5.95 Å². The molecular weight excluding hydrogens is 382 g/mol. The Balaban J connectivity index is 1.68. The highest BCUT2D eigenvalue weighted by Crippen LogP contribution is 2.23. The fourth-order valence-electron chi connectivity index (χ4n) is 3.18. The second kappa shape index (κ2) is 6.94. The fraction of sp³-hybridized carbons (Fsp3) is 0.286. The predicted molar refractivity (Wildman–Crippen MR) is 114 cm³/mol. The number of carbonyl (C=O) groups excluding carboxylic acids is 1. The molecule has 0 saturated heterocycles. The maximum absolute atomic E-state index is 12.8. The summed E-state index contributed by atoms with van der Waals surface area (Å²) in [6, 6.07) is 9.21. The maximum atomic E-state index is 12.8. The second-order valence-electron chi connectivity index (χ2n) is 8.26. The number of aryl methyl sites for hydroxylation is 2. The van der Waals surface area contributed by atoms with Crippen molar-refractivity contribution in [3.8, 4) is 5.95 Å². The number of fused-ring (bicyclic) bond motifs is 1. The molecule has 30 heavy (non-hydrogen) atoms. The molecule has 0 spiro atoms. The number of nitrogens with zero attached hydrogens (tertiary/aromatic N) is 5. The first-order valence-corrected chi connectivity index (χ1v) is 9.54. The fourth-order valence-corrected chi connectivity index (χ4v) is 3.18. The molecule has 4 aromatic rings. The Morgan fingerprint density at radius 1 is 1.17 bits per heavy atom. The van der Waals surface area contributed by atoms with Gasteiger partial charge in [0.15, 0.2) is 5.65 Å². The lowest BCUT2D eigenvalue weighted by Crippen LogP contribution is -2.19. The molecule has 0 aliphatic heterocycles. The van der Waals surface area contributed by atoms with Crippen molar-refractivity contribution in [3.63, 3.8) is 0 Å². The monoisotopic (exact) mass is 405 g/mol. The minimum atomic E-state index is -0.328. The second-order valence-corrected chi connectivity index (χ2v) is 8.26. The molecule has 3 aromatic heterocycles. The van der Waals surface area contributed by atoms with Crippen LogP contribution in [0.15, 0.2) is 41.3 Å². The average molecular weight is 405 g/mol. The smallest absolute Gasteiger partial charge is 0.263 e. The summed E-state index contributed by atoms with van der Waals surface area (Å²) in [5.74, 6) is 0.324. The van der Waals surface area contributed by atoms with Crippen molar-refractivity contribution >= 4 is 22.8 Å². The van der Waals surface area contributed by atoms with Gasteiger partial charge in [-0.3, -0.25) is 19.3 Å². The zero-order valence-electron chi connectivity index (χ0n) is 17.5. The molecule has 0 bridgehead atoms. The number of benzene rings is 1. The lowest BCUT2D eigenvalue weighted by molar-refractivity contribution is 0.102. The number of amides is 1. The van der Waals surface area contributed by atoms with E-state index in [1.54, 1.807) is 32.2 Å². The lowest BCUT2D eigenvalue weighted by Gasteiger charge is -2.19. The van der Waals surface area contributed by atoms with Crippen molar-refractivity contribution in [1.82, 2.24) is 29.5 Å². The third-order valence-corrected chi connectivity index (χ3v) is 4.88. The summed E-state index contributed by atoms with van der Waals surface area (Å²) < 4.78 is 2.92. The molecule has 154 valence electrons. The third-order valence-electron chi connectivity index (χ3n) is 4.88. The summed E-state index contributed by atoms with van der Waals surface area (Å²) in [5, 5.41) is 11.7. The molecule has 3 heterocycles. The Kier molecular flexibility index (Phi) is 4.53. The van der Waals surface area contributed by atoms with Gasteiger partial charge in [0.1, 0.15) is 11.2 Å². The Morgan fingerprint density at radius 2 is 1.87 bits per heavy atom. The van der Waals surface area contributed by atoms with Gasteiger partial charge in [-0.2, -0.15) is 19.9 Å². The minimum Gasteiger partial charge on any atom is -0.306 e. The van der Waals surface area contributed by atoms with Gasteiger partial charge in [-0.1, -0.05) is 32.9 Å². The predicted octanol–water partition coefficient (Wildman–Crippen LogP) is 2.70. The molecule has 0 fully saturated rings. The van der Waals surface area contributed by atoms with E-state index < -0.39 is 0 Å². The van der Waals surface area contributed by atoms with Crippen LogP contribution in [0.2, 0.25) is 0 Å². The van der Waals surface area contributed by atoms with E-state index in [-0.39, 0.29) is 22.8 Å². The maximum Gasteiger partial charge on any atom is 0.263 e. The molecule has 1 aromatic carbocycles. The Morgan fingerprint density at radius 3 is 2.53 bits per heavy atom. The summed E-state index contributed by atoms with van der Waals surface area (Å²) in [7, 11) is 1.71. The SMILES string of the molecule is Cc1cc(NC(=O)c2ccc(C(C)(C)C)cc2)n(-c2nc3c(cnn3C)c(=O)[nH]2)n1. The van der Waals surface area contributed by atoms with Gasteiger partial charge in [0.05, 0.1) is 11.9 Å². The van der Waals surface area contributed by atoms with Crippen molar-refractivity contribution in [2.45, 2.75) is 33.1 Å². The van der Waals surface area contributed by atoms with Crippen molar-refractivity contribution in [2.75, 3.05) is 5.32 Å². The number of aromatic nitrogens is 6. The Labute approximate surface area is 172 Å². The van der Waals surface area contributed by atoms with E-state index in [0.29, 0.717) is 28.1 Å². The highest BCUT2D eigenvalue weighted by atomic mass is 16.2. The molecule has 0 atom stereocenters. The van der Waals surface area contributed by atoms with Crippen molar-refractivity contribution in [1.29, 1.82) is 0 Å². The Bertz CT molecular complexity index is 1300. The summed E-state index contributed by atoms with van der Waals surface area (Å²) in [4.78, 5) is 32.3. The van der Waals surface area contributed by atoms with E-state index in [2.05, 4.69) is 46.3 Å². The van der Waals surface area contributed by atoms with E-state index in [9.17, 15) is 9.59 Å². The van der Waals surface area contributed by atoms with Crippen LogP contribution in [0.25, 0.3) is 17.0 Å². The number of nitrogens with one attached hydrogen (secondary N) is 2. The molecular formula is C21H23N7O2. The van der Waals surface area contributed by atoms with Crippen LogP contribution in [-0.4, -0.2) is 35.4 Å². The number of hydrogen-bond donors (Lipinski definition) is 2. The molecule has 4 rings (SSSR count). The van der Waals surface area contributed by atoms with Crippen LogP contribution < -0.4 is 10.9 Å². The average Bonchev–Trinajstić information content (AvgIpc) is 3.24. The zero-order chi connectivity index (χ0) is 21.6. The number of hydrogen-bond acceptors (Lipinski definition) is 5. The molecule has 2 N–H and O–H groups in total. The molecule has 9 nitrogen and oxygen atoms in total. The first-order valence-electron chi connectivity index (χ1n) is 9.54. The number of carbonyl (C=O) groups is 1. The van der Waals surface area contributed by atoms with Crippen LogP contribution in [0.3, 0.4) is 0 Å². The van der Waals surface area contributed by atoms with E-state index in [4.69, 9.17) is 0 Å². The van der Waals surface area contributed by atoms with Gasteiger partial charge in [0, 0.05) is 18.7 Å².